The molecular formula is C15H14BrN3O3. The molecule has 0 aliphatic rings. The van der Waals surface area contributed by atoms with Gasteiger partial charge in [0, 0.05) is 16.2 Å². The minimum atomic E-state index is -0.498. The van der Waals surface area contributed by atoms with Gasteiger partial charge in [-0.1, -0.05) is 15.9 Å². The lowest BCUT2D eigenvalue weighted by Crippen LogP contribution is -2.41. The number of halogens is 1. The number of hydrogen-bond donors (Lipinski definition) is 2. The Morgan fingerprint density at radius 3 is 2.50 bits per heavy atom. The normalized spacial score (nSPS) is 9.91. The second-order valence-electron chi connectivity index (χ2n) is 4.20. The minimum absolute atomic E-state index is 0.223. The molecule has 0 unspecified atom stereocenters. The molecule has 0 fully saturated rings. The molecule has 2 amide bonds. The Kier molecular flexibility index (Phi) is 5.48. The SMILES string of the molecule is CCOc1ncccc1C(=O)NNC(=O)c1ccc(Br)cc1. The molecule has 0 spiro atoms. The standard InChI is InChI=1S/C15H14BrN3O3/c1-2-22-15-12(4-3-9-17-15)14(21)19-18-13(20)10-5-7-11(16)8-6-10/h3-9H,2H2,1H3,(H,18,20)(H,19,21). The first kappa shape index (κ1) is 16.0. The van der Waals surface area contributed by atoms with Crippen molar-refractivity contribution in [3.05, 3.63) is 58.2 Å². The van der Waals surface area contributed by atoms with Crippen molar-refractivity contribution in [2.45, 2.75) is 6.92 Å². The van der Waals surface area contributed by atoms with Crippen molar-refractivity contribution < 1.29 is 14.3 Å². The van der Waals surface area contributed by atoms with Gasteiger partial charge < -0.3 is 4.74 Å². The molecule has 1 aromatic heterocycles. The van der Waals surface area contributed by atoms with Gasteiger partial charge in [0.15, 0.2) is 0 Å². The van der Waals surface area contributed by atoms with Gasteiger partial charge in [0.1, 0.15) is 5.56 Å². The van der Waals surface area contributed by atoms with Crippen LogP contribution in [0.4, 0.5) is 0 Å². The molecule has 0 aliphatic carbocycles. The van der Waals surface area contributed by atoms with Crippen LogP contribution in [0.25, 0.3) is 0 Å². The van der Waals surface area contributed by atoms with E-state index in [2.05, 4.69) is 31.8 Å². The van der Waals surface area contributed by atoms with Gasteiger partial charge in [-0.05, 0) is 43.3 Å². The first-order valence-electron chi connectivity index (χ1n) is 6.56. The maximum atomic E-state index is 12.1. The van der Waals surface area contributed by atoms with E-state index in [0.29, 0.717) is 12.2 Å². The molecule has 7 heteroatoms. The summed E-state index contributed by atoms with van der Waals surface area (Å²) >= 11 is 3.29. The highest BCUT2D eigenvalue weighted by Crippen LogP contribution is 2.14. The van der Waals surface area contributed by atoms with E-state index in [-0.39, 0.29) is 11.4 Å². The summed E-state index contributed by atoms with van der Waals surface area (Å²) in [5.74, 6) is -0.690. The van der Waals surface area contributed by atoms with Crippen LogP contribution in [0.2, 0.25) is 0 Å². The molecule has 0 aliphatic heterocycles. The number of amides is 2. The largest absolute Gasteiger partial charge is 0.477 e. The van der Waals surface area contributed by atoms with Gasteiger partial charge >= 0.3 is 0 Å². The van der Waals surface area contributed by atoms with Crippen molar-refractivity contribution in [2.75, 3.05) is 6.61 Å². The highest BCUT2D eigenvalue weighted by molar-refractivity contribution is 9.10. The molecule has 22 heavy (non-hydrogen) atoms. The topological polar surface area (TPSA) is 80.3 Å². The van der Waals surface area contributed by atoms with Gasteiger partial charge in [-0.25, -0.2) is 4.98 Å². The zero-order chi connectivity index (χ0) is 15.9. The maximum Gasteiger partial charge on any atom is 0.275 e. The summed E-state index contributed by atoms with van der Waals surface area (Å²) in [6, 6.07) is 9.95. The monoisotopic (exact) mass is 363 g/mol. The third kappa shape index (κ3) is 4.05. The Balaban J connectivity index is 2.01. The van der Waals surface area contributed by atoms with Crippen molar-refractivity contribution in [1.82, 2.24) is 15.8 Å². The fourth-order valence-electron chi connectivity index (χ4n) is 1.67. The minimum Gasteiger partial charge on any atom is -0.477 e. The molecule has 2 rings (SSSR count). The summed E-state index contributed by atoms with van der Waals surface area (Å²) in [7, 11) is 0. The number of nitrogens with one attached hydrogen (secondary N) is 2. The number of rotatable bonds is 4. The van der Waals surface area contributed by atoms with Crippen LogP contribution >= 0.6 is 15.9 Å². The molecule has 0 saturated carbocycles. The van der Waals surface area contributed by atoms with E-state index in [1.807, 2.05) is 0 Å². The van der Waals surface area contributed by atoms with Crippen LogP contribution < -0.4 is 15.6 Å². The molecule has 0 atom stereocenters. The predicted octanol–water partition coefficient (Wildman–Crippen LogP) is 2.32. The van der Waals surface area contributed by atoms with Gasteiger partial charge in [0.2, 0.25) is 5.88 Å². The quantitative estimate of drug-likeness (QED) is 0.816. The summed E-state index contributed by atoms with van der Waals surface area (Å²) in [5.41, 5.74) is 5.37. The maximum absolute atomic E-state index is 12.1. The van der Waals surface area contributed by atoms with Crippen LogP contribution in [0.3, 0.4) is 0 Å². The van der Waals surface area contributed by atoms with Crippen LogP contribution in [0, 0.1) is 0 Å². The zero-order valence-electron chi connectivity index (χ0n) is 11.8. The Morgan fingerprint density at radius 1 is 1.14 bits per heavy atom. The molecule has 2 N–H and O–H groups in total. The number of carbonyl (C=O) groups excluding carboxylic acids is 2. The Labute approximate surface area is 136 Å². The summed E-state index contributed by atoms with van der Waals surface area (Å²) in [6.45, 7) is 2.19. The number of hydrazine groups is 1. The average Bonchev–Trinajstić information content (AvgIpc) is 2.54. The molecule has 0 bridgehead atoms. The second kappa shape index (κ2) is 7.56. The van der Waals surface area contributed by atoms with E-state index < -0.39 is 11.8 Å². The lowest BCUT2D eigenvalue weighted by Gasteiger charge is -2.10. The number of aromatic nitrogens is 1. The van der Waals surface area contributed by atoms with Crippen molar-refractivity contribution in [3.63, 3.8) is 0 Å². The first-order chi connectivity index (χ1) is 10.6. The van der Waals surface area contributed by atoms with E-state index in [9.17, 15) is 9.59 Å². The smallest absolute Gasteiger partial charge is 0.275 e. The van der Waals surface area contributed by atoms with Crippen molar-refractivity contribution in [2.24, 2.45) is 0 Å². The second-order valence-corrected chi connectivity index (χ2v) is 5.12. The lowest BCUT2D eigenvalue weighted by atomic mass is 10.2. The van der Waals surface area contributed by atoms with Crippen LogP contribution in [0.1, 0.15) is 27.6 Å². The van der Waals surface area contributed by atoms with Gasteiger partial charge in [-0.3, -0.25) is 20.4 Å². The summed E-state index contributed by atoms with van der Waals surface area (Å²) in [5, 5.41) is 0. The number of ether oxygens (including phenoxy) is 1. The molecule has 0 saturated heterocycles. The fraction of sp³-hybridized carbons (Fsp3) is 0.133. The Hall–Kier alpha value is -2.41. The van der Waals surface area contributed by atoms with Crippen LogP contribution in [0.5, 0.6) is 5.88 Å². The molecule has 114 valence electrons. The highest BCUT2D eigenvalue weighted by atomic mass is 79.9. The molecule has 1 aromatic carbocycles. The van der Waals surface area contributed by atoms with Gasteiger partial charge in [0.05, 0.1) is 6.61 Å². The first-order valence-corrected chi connectivity index (χ1v) is 7.35. The number of nitrogens with zero attached hydrogens (tertiary/aromatic N) is 1. The van der Waals surface area contributed by atoms with E-state index in [1.54, 1.807) is 43.3 Å². The predicted molar refractivity (Wildman–Crippen MR) is 84.5 cm³/mol. The molecule has 2 aromatic rings. The molecule has 1 heterocycles. The summed E-state index contributed by atoms with van der Waals surface area (Å²) in [6.07, 6.45) is 1.53. The third-order valence-corrected chi connectivity index (χ3v) is 3.22. The van der Waals surface area contributed by atoms with Crippen LogP contribution in [0.15, 0.2) is 47.1 Å². The zero-order valence-corrected chi connectivity index (χ0v) is 13.4. The third-order valence-electron chi connectivity index (χ3n) is 2.69. The van der Waals surface area contributed by atoms with E-state index in [0.717, 1.165) is 4.47 Å². The number of pyridine rings is 1. The van der Waals surface area contributed by atoms with Gasteiger partial charge in [0.25, 0.3) is 11.8 Å². The number of benzene rings is 1. The van der Waals surface area contributed by atoms with E-state index >= 15 is 0 Å². The summed E-state index contributed by atoms with van der Waals surface area (Å²) in [4.78, 5) is 28.0. The van der Waals surface area contributed by atoms with Crippen molar-refractivity contribution in [3.8, 4) is 5.88 Å². The van der Waals surface area contributed by atoms with Gasteiger partial charge in [-0.15, -0.1) is 0 Å². The Morgan fingerprint density at radius 2 is 1.82 bits per heavy atom. The van der Waals surface area contributed by atoms with Crippen molar-refractivity contribution >= 4 is 27.7 Å². The van der Waals surface area contributed by atoms with Crippen molar-refractivity contribution in [1.29, 1.82) is 0 Å². The van der Waals surface area contributed by atoms with E-state index in [4.69, 9.17) is 4.74 Å². The molecule has 0 radical (unpaired) electrons. The lowest BCUT2D eigenvalue weighted by molar-refractivity contribution is 0.0844. The number of hydrogen-bond acceptors (Lipinski definition) is 4. The van der Waals surface area contributed by atoms with Crippen LogP contribution in [-0.4, -0.2) is 23.4 Å². The fourth-order valence-corrected chi connectivity index (χ4v) is 1.93. The van der Waals surface area contributed by atoms with Gasteiger partial charge in [-0.2, -0.15) is 0 Å². The summed E-state index contributed by atoms with van der Waals surface area (Å²) < 4.78 is 6.14. The highest BCUT2D eigenvalue weighted by Gasteiger charge is 2.14. The molecule has 6 nitrogen and oxygen atoms in total. The average molecular weight is 364 g/mol. The molecular weight excluding hydrogens is 350 g/mol. The van der Waals surface area contributed by atoms with E-state index in [1.165, 1.54) is 6.20 Å². The Bertz CT molecular complexity index is 674. The number of carbonyl (C=O) groups is 2. The van der Waals surface area contributed by atoms with Crippen LogP contribution in [-0.2, 0) is 0 Å².